The van der Waals surface area contributed by atoms with Gasteiger partial charge in [0.05, 0.1) is 0 Å². The smallest absolute Gasteiger partial charge is 0.273 e. The summed E-state index contributed by atoms with van der Waals surface area (Å²) >= 11 is 1.48. The van der Waals surface area contributed by atoms with Crippen LogP contribution in [-0.4, -0.2) is 28.4 Å². The first-order valence-corrected chi connectivity index (χ1v) is 7.63. The van der Waals surface area contributed by atoms with E-state index < -0.39 is 0 Å². The van der Waals surface area contributed by atoms with E-state index in [1.807, 2.05) is 5.38 Å². The lowest BCUT2D eigenvalue weighted by Crippen LogP contribution is -2.46. The second-order valence-corrected chi connectivity index (χ2v) is 6.17. The Kier molecular flexibility index (Phi) is 4.81. The quantitative estimate of drug-likeness (QED) is 0.912. The molecular weight excluding hydrogens is 282 g/mol. The van der Waals surface area contributed by atoms with Gasteiger partial charge in [-0.1, -0.05) is 6.42 Å². The van der Waals surface area contributed by atoms with Crippen LogP contribution in [0.5, 0.6) is 0 Å². The lowest BCUT2D eigenvalue weighted by atomic mass is 9.92. The summed E-state index contributed by atoms with van der Waals surface area (Å²) in [4.78, 5) is 18.9. The Morgan fingerprint density at radius 2 is 2.21 bits per heavy atom. The normalized spacial score (nSPS) is 25.8. The first-order chi connectivity index (χ1) is 8.79. The Morgan fingerprint density at radius 3 is 2.95 bits per heavy atom. The molecule has 1 aromatic heterocycles. The van der Waals surface area contributed by atoms with Gasteiger partial charge in [-0.15, -0.1) is 23.7 Å². The molecule has 2 atom stereocenters. The van der Waals surface area contributed by atoms with Crippen molar-refractivity contribution < 1.29 is 4.79 Å². The molecule has 0 aromatic carbocycles. The van der Waals surface area contributed by atoms with Crippen LogP contribution in [0.25, 0.3) is 0 Å². The zero-order valence-corrected chi connectivity index (χ0v) is 12.5. The fourth-order valence-electron chi connectivity index (χ4n) is 3.36. The third kappa shape index (κ3) is 2.78. The van der Waals surface area contributed by atoms with Crippen LogP contribution in [0, 0.1) is 5.92 Å². The van der Waals surface area contributed by atoms with Gasteiger partial charge in [0, 0.05) is 24.5 Å². The number of thiazole rings is 1. The molecule has 2 fully saturated rings. The molecule has 2 aliphatic rings. The molecule has 0 radical (unpaired) electrons. The summed E-state index contributed by atoms with van der Waals surface area (Å²) < 4.78 is 0. The number of nitrogens with zero attached hydrogens (tertiary/aromatic N) is 2. The zero-order chi connectivity index (χ0) is 12.5. The summed E-state index contributed by atoms with van der Waals surface area (Å²) in [6.45, 7) is 1.32. The molecule has 0 bridgehead atoms. The number of hydrogen-bond donors (Lipinski definition) is 1. The number of amides is 1. The monoisotopic (exact) mass is 301 g/mol. The summed E-state index contributed by atoms with van der Waals surface area (Å²) in [6, 6.07) is 0.467. The number of nitrogens with two attached hydrogens (primary N) is 1. The van der Waals surface area contributed by atoms with E-state index in [2.05, 4.69) is 9.88 Å². The van der Waals surface area contributed by atoms with E-state index in [1.54, 1.807) is 0 Å². The highest BCUT2D eigenvalue weighted by molar-refractivity contribution is 7.09. The van der Waals surface area contributed by atoms with Gasteiger partial charge in [0.1, 0.15) is 10.7 Å². The van der Waals surface area contributed by atoms with E-state index in [9.17, 15) is 4.79 Å². The minimum atomic E-state index is 0. The van der Waals surface area contributed by atoms with Gasteiger partial charge in [0.2, 0.25) is 0 Å². The van der Waals surface area contributed by atoms with Gasteiger partial charge in [-0.2, -0.15) is 0 Å². The minimum Gasteiger partial charge on any atom is -0.334 e. The fourth-order valence-corrected chi connectivity index (χ4v) is 4.00. The molecule has 1 aliphatic carbocycles. The molecule has 2 unspecified atom stereocenters. The van der Waals surface area contributed by atoms with E-state index in [-0.39, 0.29) is 18.3 Å². The molecule has 1 aromatic rings. The Labute approximate surface area is 123 Å². The summed E-state index contributed by atoms with van der Waals surface area (Å²) in [5.74, 6) is 0.845. The van der Waals surface area contributed by atoms with E-state index >= 15 is 0 Å². The number of rotatable bonds is 2. The number of piperidine rings is 1. The average molecular weight is 302 g/mol. The molecule has 6 heteroatoms. The molecule has 3 rings (SSSR count). The van der Waals surface area contributed by atoms with Gasteiger partial charge in [0.25, 0.3) is 5.91 Å². The van der Waals surface area contributed by atoms with Crippen molar-refractivity contribution in [3.8, 4) is 0 Å². The predicted octanol–water partition coefficient (Wildman–Crippen LogP) is 2.43. The number of fused-ring (bicyclic) bond motifs is 1. The Hall–Kier alpha value is -0.650. The average Bonchev–Trinajstić information content (AvgIpc) is 3.05. The molecular formula is C13H20ClN3OS. The summed E-state index contributed by atoms with van der Waals surface area (Å²) in [6.07, 6.45) is 6.16. The predicted molar refractivity (Wildman–Crippen MR) is 78.7 cm³/mol. The molecule has 19 heavy (non-hydrogen) atoms. The summed E-state index contributed by atoms with van der Waals surface area (Å²) in [5, 5.41) is 2.70. The molecule has 106 valence electrons. The van der Waals surface area contributed by atoms with Crippen molar-refractivity contribution in [1.82, 2.24) is 9.88 Å². The van der Waals surface area contributed by atoms with Crippen LogP contribution in [0.3, 0.4) is 0 Å². The van der Waals surface area contributed by atoms with Crippen molar-refractivity contribution in [3.63, 3.8) is 0 Å². The van der Waals surface area contributed by atoms with Crippen LogP contribution in [0.2, 0.25) is 0 Å². The SMILES string of the molecule is Cl.NCc1nc(C(=O)N2CCCC3CCCC32)cs1. The third-order valence-corrected chi connectivity index (χ3v) is 5.07. The molecule has 0 spiro atoms. The van der Waals surface area contributed by atoms with Gasteiger partial charge in [0.15, 0.2) is 0 Å². The van der Waals surface area contributed by atoms with E-state index in [0.717, 1.165) is 23.9 Å². The first kappa shape index (κ1) is 14.8. The molecule has 2 heterocycles. The van der Waals surface area contributed by atoms with Crippen molar-refractivity contribution in [3.05, 3.63) is 16.1 Å². The standard InChI is InChI=1S/C13H19N3OS.ClH/c14-7-12-15-10(8-18-12)13(17)16-6-2-4-9-3-1-5-11(9)16;/h8-9,11H,1-7,14H2;1H. The second-order valence-electron chi connectivity index (χ2n) is 5.23. The minimum absolute atomic E-state index is 0. The number of carbonyl (C=O) groups is 1. The lowest BCUT2D eigenvalue weighted by molar-refractivity contribution is 0.0543. The maximum atomic E-state index is 12.5. The zero-order valence-electron chi connectivity index (χ0n) is 10.9. The molecule has 1 saturated heterocycles. The van der Waals surface area contributed by atoms with Crippen LogP contribution in [0.4, 0.5) is 0 Å². The van der Waals surface area contributed by atoms with Crippen LogP contribution in [-0.2, 0) is 6.54 Å². The topological polar surface area (TPSA) is 59.2 Å². The number of likely N-dealkylation sites (tertiary alicyclic amines) is 1. The van der Waals surface area contributed by atoms with Crippen LogP contribution in [0.1, 0.15) is 47.6 Å². The fraction of sp³-hybridized carbons (Fsp3) is 0.692. The van der Waals surface area contributed by atoms with Gasteiger partial charge in [-0.05, 0) is 31.6 Å². The van der Waals surface area contributed by atoms with Gasteiger partial charge < -0.3 is 10.6 Å². The summed E-state index contributed by atoms with van der Waals surface area (Å²) in [5.41, 5.74) is 6.14. The van der Waals surface area contributed by atoms with Crippen LogP contribution in [0.15, 0.2) is 5.38 Å². The number of halogens is 1. The highest BCUT2D eigenvalue weighted by Crippen LogP contribution is 2.37. The summed E-state index contributed by atoms with van der Waals surface area (Å²) in [7, 11) is 0. The molecule has 1 aliphatic heterocycles. The van der Waals surface area contributed by atoms with Gasteiger partial charge in [-0.25, -0.2) is 4.98 Å². The Balaban J connectivity index is 0.00000133. The highest BCUT2D eigenvalue weighted by atomic mass is 35.5. The van der Waals surface area contributed by atoms with E-state index in [1.165, 1.54) is 37.0 Å². The third-order valence-electron chi connectivity index (χ3n) is 4.20. The molecule has 1 amide bonds. The van der Waals surface area contributed by atoms with Crippen LogP contribution >= 0.6 is 23.7 Å². The van der Waals surface area contributed by atoms with E-state index in [4.69, 9.17) is 5.73 Å². The molecule has 4 nitrogen and oxygen atoms in total. The van der Waals surface area contributed by atoms with Crippen molar-refractivity contribution in [2.24, 2.45) is 11.7 Å². The maximum Gasteiger partial charge on any atom is 0.273 e. The lowest BCUT2D eigenvalue weighted by Gasteiger charge is -2.37. The highest BCUT2D eigenvalue weighted by Gasteiger charge is 2.38. The van der Waals surface area contributed by atoms with Crippen molar-refractivity contribution in [2.75, 3.05) is 6.54 Å². The van der Waals surface area contributed by atoms with Gasteiger partial charge >= 0.3 is 0 Å². The Morgan fingerprint density at radius 1 is 1.42 bits per heavy atom. The first-order valence-electron chi connectivity index (χ1n) is 6.75. The number of hydrogen-bond acceptors (Lipinski definition) is 4. The van der Waals surface area contributed by atoms with E-state index in [0.29, 0.717) is 18.3 Å². The van der Waals surface area contributed by atoms with Crippen molar-refractivity contribution in [2.45, 2.75) is 44.7 Å². The number of carbonyl (C=O) groups excluding carboxylic acids is 1. The largest absolute Gasteiger partial charge is 0.334 e. The van der Waals surface area contributed by atoms with Crippen molar-refractivity contribution >= 4 is 29.7 Å². The molecule has 2 N–H and O–H groups in total. The maximum absolute atomic E-state index is 12.5. The number of aromatic nitrogens is 1. The van der Waals surface area contributed by atoms with Crippen LogP contribution < -0.4 is 5.73 Å². The van der Waals surface area contributed by atoms with Crippen molar-refractivity contribution in [1.29, 1.82) is 0 Å². The second kappa shape index (κ2) is 6.20. The van der Waals surface area contributed by atoms with Gasteiger partial charge in [-0.3, -0.25) is 4.79 Å². The molecule has 1 saturated carbocycles. The Bertz CT molecular complexity index is 451.